The van der Waals surface area contributed by atoms with Crippen LogP contribution >= 0.6 is 0 Å². The molecule has 11 heavy (non-hydrogen) atoms. The van der Waals surface area contributed by atoms with Crippen molar-refractivity contribution in [2.24, 2.45) is 5.92 Å². The molecule has 1 aliphatic rings. The normalized spacial score (nSPS) is 28.6. The Morgan fingerprint density at radius 1 is 1.18 bits per heavy atom. The summed E-state index contributed by atoms with van der Waals surface area (Å²) < 4.78 is 0. The topological polar surface area (TPSA) is 17.1 Å². The average Bonchev–Trinajstić information content (AvgIpc) is 2.62. The molecule has 0 saturated heterocycles. The fourth-order valence-electron chi connectivity index (χ4n) is 1.48. The molecule has 56 valence electrons. The fourth-order valence-corrected chi connectivity index (χ4v) is 1.48. The second kappa shape index (κ2) is 2.19. The van der Waals surface area contributed by atoms with Gasteiger partial charge in [-0.05, 0) is 5.56 Å². The molecule has 1 aromatic rings. The Labute approximate surface area is 66.0 Å². The van der Waals surface area contributed by atoms with Crippen LogP contribution in [0.2, 0.25) is 0 Å². The standard InChI is InChI=1S/C10H10O/c1-7-9(10(7)11)8-5-3-2-4-6-8/h2-7,9H,1H3. The van der Waals surface area contributed by atoms with E-state index in [-0.39, 0.29) is 11.8 Å². The van der Waals surface area contributed by atoms with E-state index in [1.165, 1.54) is 5.56 Å². The van der Waals surface area contributed by atoms with Gasteiger partial charge in [0.05, 0.1) is 5.92 Å². The minimum atomic E-state index is 0.205. The van der Waals surface area contributed by atoms with Crippen molar-refractivity contribution >= 4 is 5.78 Å². The molecule has 1 aliphatic carbocycles. The van der Waals surface area contributed by atoms with Crippen LogP contribution in [0.1, 0.15) is 18.4 Å². The van der Waals surface area contributed by atoms with Gasteiger partial charge in [0.2, 0.25) is 0 Å². The largest absolute Gasteiger partial charge is 0.299 e. The van der Waals surface area contributed by atoms with Crippen molar-refractivity contribution < 1.29 is 4.79 Å². The van der Waals surface area contributed by atoms with Crippen LogP contribution in [0.15, 0.2) is 30.3 Å². The molecule has 0 heterocycles. The van der Waals surface area contributed by atoms with E-state index in [1.54, 1.807) is 0 Å². The first-order chi connectivity index (χ1) is 5.30. The molecule has 2 rings (SSSR count). The minimum absolute atomic E-state index is 0.205. The van der Waals surface area contributed by atoms with Crippen LogP contribution in [0.3, 0.4) is 0 Å². The summed E-state index contributed by atoms with van der Waals surface area (Å²) in [5, 5.41) is 0. The smallest absolute Gasteiger partial charge is 0.144 e. The molecule has 0 bridgehead atoms. The molecule has 0 aromatic heterocycles. The lowest BCUT2D eigenvalue weighted by Crippen LogP contribution is -1.79. The van der Waals surface area contributed by atoms with E-state index in [0.29, 0.717) is 5.78 Å². The predicted octanol–water partition coefficient (Wildman–Crippen LogP) is 1.99. The van der Waals surface area contributed by atoms with Crippen molar-refractivity contribution in [3.8, 4) is 0 Å². The van der Waals surface area contributed by atoms with Gasteiger partial charge in [-0.15, -0.1) is 0 Å². The number of carbonyl (C=O) groups excluding carboxylic acids is 1. The molecule has 0 amide bonds. The van der Waals surface area contributed by atoms with Crippen LogP contribution < -0.4 is 0 Å². The van der Waals surface area contributed by atoms with Crippen molar-refractivity contribution in [1.82, 2.24) is 0 Å². The highest BCUT2D eigenvalue weighted by atomic mass is 16.1. The first kappa shape index (κ1) is 6.59. The summed E-state index contributed by atoms with van der Waals surface area (Å²) in [6.07, 6.45) is 0. The molecular weight excluding hydrogens is 136 g/mol. The number of ketones is 1. The molecule has 1 nitrogen and oxygen atoms in total. The number of hydrogen-bond acceptors (Lipinski definition) is 1. The summed E-state index contributed by atoms with van der Waals surface area (Å²) in [7, 11) is 0. The Bertz CT molecular complexity index is 276. The van der Waals surface area contributed by atoms with Gasteiger partial charge in [-0.1, -0.05) is 37.3 Å². The zero-order valence-electron chi connectivity index (χ0n) is 6.45. The zero-order valence-corrected chi connectivity index (χ0v) is 6.45. The predicted molar refractivity (Wildman–Crippen MR) is 43.4 cm³/mol. The Balaban J connectivity index is 2.27. The molecule has 0 radical (unpaired) electrons. The highest BCUT2D eigenvalue weighted by molar-refractivity contribution is 6.03. The number of hydrogen-bond donors (Lipinski definition) is 0. The van der Waals surface area contributed by atoms with Crippen molar-refractivity contribution in [2.75, 3.05) is 0 Å². The van der Waals surface area contributed by atoms with E-state index < -0.39 is 0 Å². The maximum absolute atomic E-state index is 11.0. The number of rotatable bonds is 1. The Morgan fingerprint density at radius 2 is 1.73 bits per heavy atom. The molecule has 0 aliphatic heterocycles. The lowest BCUT2D eigenvalue weighted by Gasteiger charge is -1.92. The van der Waals surface area contributed by atoms with Crippen LogP contribution in [-0.4, -0.2) is 5.78 Å². The number of Topliss-reactive ketones (excluding diaryl/α,β-unsaturated/α-hetero) is 1. The molecule has 1 saturated carbocycles. The van der Waals surface area contributed by atoms with Crippen LogP contribution in [0.5, 0.6) is 0 Å². The monoisotopic (exact) mass is 146 g/mol. The first-order valence-corrected chi connectivity index (χ1v) is 3.89. The van der Waals surface area contributed by atoms with E-state index in [0.717, 1.165) is 0 Å². The number of carbonyl (C=O) groups is 1. The van der Waals surface area contributed by atoms with Gasteiger partial charge in [-0.3, -0.25) is 4.79 Å². The van der Waals surface area contributed by atoms with Crippen molar-refractivity contribution in [2.45, 2.75) is 12.8 Å². The van der Waals surface area contributed by atoms with Gasteiger partial charge in [0, 0.05) is 5.92 Å². The minimum Gasteiger partial charge on any atom is -0.299 e. The van der Waals surface area contributed by atoms with Crippen molar-refractivity contribution in [1.29, 1.82) is 0 Å². The summed E-state index contributed by atoms with van der Waals surface area (Å²) in [5.41, 5.74) is 1.17. The maximum Gasteiger partial charge on any atom is 0.144 e. The van der Waals surface area contributed by atoms with Crippen LogP contribution in [0, 0.1) is 5.92 Å². The molecule has 1 fully saturated rings. The molecule has 2 atom stereocenters. The van der Waals surface area contributed by atoms with Gasteiger partial charge in [-0.2, -0.15) is 0 Å². The maximum atomic E-state index is 11.0. The van der Waals surface area contributed by atoms with E-state index in [2.05, 4.69) is 0 Å². The van der Waals surface area contributed by atoms with Gasteiger partial charge in [0.1, 0.15) is 5.78 Å². The third-order valence-electron chi connectivity index (χ3n) is 2.30. The molecule has 2 unspecified atom stereocenters. The number of benzene rings is 1. The van der Waals surface area contributed by atoms with Gasteiger partial charge < -0.3 is 0 Å². The van der Waals surface area contributed by atoms with Gasteiger partial charge in [0.15, 0.2) is 0 Å². The molecule has 0 N–H and O–H groups in total. The van der Waals surface area contributed by atoms with Crippen LogP contribution in [0.4, 0.5) is 0 Å². The Hall–Kier alpha value is -1.11. The molecule has 1 heteroatoms. The Kier molecular flexibility index (Phi) is 1.31. The quantitative estimate of drug-likeness (QED) is 0.592. The van der Waals surface area contributed by atoms with E-state index in [4.69, 9.17) is 0 Å². The third-order valence-corrected chi connectivity index (χ3v) is 2.30. The summed E-state index contributed by atoms with van der Waals surface area (Å²) in [5.74, 6) is 0.852. The van der Waals surface area contributed by atoms with Crippen LogP contribution in [0.25, 0.3) is 0 Å². The van der Waals surface area contributed by atoms with E-state index in [9.17, 15) is 4.79 Å². The third kappa shape index (κ3) is 0.967. The summed E-state index contributed by atoms with van der Waals surface area (Å²) >= 11 is 0. The van der Waals surface area contributed by atoms with E-state index in [1.807, 2.05) is 37.3 Å². The summed E-state index contributed by atoms with van der Waals surface area (Å²) in [4.78, 5) is 11.0. The van der Waals surface area contributed by atoms with Gasteiger partial charge in [-0.25, -0.2) is 0 Å². The van der Waals surface area contributed by atoms with E-state index >= 15 is 0 Å². The average molecular weight is 146 g/mol. The molecule has 1 aromatic carbocycles. The second-order valence-corrected chi connectivity index (χ2v) is 3.08. The lowest BCUT2D eigenvalue weighted by molar-refractivity contribution is -0.111. The van der Waals surface area contributed by atoms with Gasteiger partial charge in [0.25, 0.3) is 0 Å². The zero-order chi connectivity index (χ0) is 7.84. The second-order valence-electron chi connectivity index (χ2n) is 3.08. The van der Waals surface area contributed by atoms with Crippen molar-refractivity contribution in [3.63, 3.8) is 0 Å². The summed E-state index contributed by atoms with van der Waals surface area (Å²) in [6.45, 7) is 1.99. The van der Waals surface area contributed by atoms with Crippen LogP contribution in [-0.2, 0) is 4.79 Å². The SMILES string of the molecule is CC1C(=O)C1c1ccccc1. The molecule has 0 spiro atoms. The molecular formula is C10H10O. The van der Waals surface area contributed by atoms with Gasteiger partial charge >= 0.3 is 0 Å². The fraction of sp³-hybridized carbons (Fsp3) is 0.300. The first-order valence-electron chi connectivity index (χ1n) is 3.89. The van der Waals surface area contributed by atoms with Crippen molar-refractivity contribution in [3.05, 3.63) is 35.9 Å². The Morgan fingerprint density at radius 3 is 2.18 bits per heavy atom. The highest BCUT2D eigenvalue weighted by Gasteiger charge is 2.45. The highest BCUT2D eigenvalue weighted by Crippen LogP contribution is 2.42. The summed E-state index contributed by atoms with van der Waals surface area (Å²) in [6, 6.07) is 9.97. The lowest BCUT2D eigenvalue weighted by atomic mass is 10.1.